The second-order valence-corrected chi connectivity index (χ2v) is 4.16. The fourth-order valence-electron chi connectivity index (χ4n) is 1.26. The Kier molecular flexibility index (Phi) is 1.90. The van der Waals surface area contributed by atoms with Crippen molar-refractivity contribution in [2.24, 2.45) is 0 Å². The van der Waals surface area contributed by atoms with Gasteiger partial charge in [-0.25, -0.2) is 0 Å². The minimum atomic E-state index is -0.208. The van der Waals surface area contributed by atoms with Crippen molar-refractivity contribution in [1.82, 2.24) is 0 Å². The summed E-state index contributed by atoms with van der Waals surface area (Å²) in [5, 5.41) is 2.83. The minimum absolute atomic E-state index is 0.208. The molecular formula is C8H8NO2PS. The Bertz CT molecular complexity index is 486. The summed E-state index contributed by atoms with van der Waals surface area (Å²) in [7, 11) is 2.06. The summed E-state index contributed by atoms with van der Waals surface area (Å²) < 4.78 is 5.30. The highest BCUT2D eigenvalue weighted by Crippen LogP contribution is 2.36. The third kappa shape index (κ3) is 1.18. The molecule has 13 heavy (non-hydrogen) atoms. The zero-order chi connectivity index (χ0) is 9.59. The highest BCUT2D eigenvalue weighted by Gasteiger charge is 2.17. The lowest BCUT2D eigenvalue weighted by atomic mass is 10.2. The lowest BCUT2D eigenvalue weighted by Crippen LogP contribution is -1.92. The van der Waals surface area contributed by atoms with Crippen molar-refractivity contribution in [3.63, 3.8) is 0 Å². The van der Waals surface area contributed by atoms with Gasteiger partial charge in [-0.1, -0.05) is 9.24 Å². The molecule has 2 aromatic rings. The Labute approximate surface area is 81.1 Å². The Morgan fingerprint density at radius 2 is 2.38 bits per heavy atom. The zero-order valence-electron chi connectivity index (χ0n) is 6.96. The van der Waals surface area contributed by atoms with Crippen LogP contribution in [-0.4, -0.2) is 5.52 Å². The summed E-state index contributed by atoms with van der Waals surface area (Å²) in [6.45, 7) is 1.95. The molecule has 0 fully saturated rings. The molecule has 1 atom stereocenters. The molecule has 2 aromatic heterocycles. The maximum atomic E-state index is 11.0. The number of nitrogen functional groups attached to an aromatic ring is 1. The number of fused-ring (bicyclic) bond motifs is 1. The van der Waals surface area contributed by atoms with E-state index in [1.807, 2.05) is 12.3 Å². The van der Waals surface area contributed by atoms with Gasteiger partial charge in [-0.3, -0.25) is 4.79 Å². The molecule has 0 aliphatic heterocycles. The Morgan fingerprint density at radius 1 is 1.69 bits per heavy atom. The van der Waals surface area contributed by atoms with E-state index >= 15 is 0 Å². The number of carbonyl (C=O) groups is 1. The largest absolute Gasteiger partial charge is 0.440 e. The number of aryl methyl sites for hydroxylation is 1. The van der Waals surface area contributed by atoms with E-state index in [2.05, 4.69) is 9.24 Å². The maximum Gasteiger partial charge on any atom is 0.215 e. The van der Waals surface area contributed by atoms with Crippen LogP contribution in [0.2, 0.25) is 0 Å². The molecule has 0 spiro atoms. The zero-order valence-corrected chi connectivity index (χ0v) is 8.93. The van der Waals surface area contributed by atoms with Crippen molar-refractivity contribution in [1.29, 1.82) is 0 Å². The van der Waals surface area contributed by atoms with E-state index in [0.29, 0.717) is 5.69 Å². The maximum absolute atomic E-state index is 11.0. The second-order valence-electron chi connectivity index (χ2n) is 2.79. The normalized spacial score (nSPS) is 10.9. The van der Waals surface area contributed by atoms with E-state index in [4.69, 9.17) is 10.2 Å². The van der Waals surface area contributed by atoms with Crippen molar-refractivity contribution in [2.75, 3.05) is 5.73 Å². The number of thiophene rings is 1. The number of nitrogens with two attached hydrogens (primary N) is 1. The molecule has 68 valence electrons. The third-order valence-electron chi connectivity index (χ3n) is 1.87. The van der Waals surface area contributed by atoms with Crippen molar-refractivity contribution in [3.8, 4) is 0 Å². The fraction of sp³-hybridized carbons (Fsp3) is 0.125. The summed E-state index contributed by atoms with van der Waals surface area (Å²) in [6, 6.07) is 0. The van der Waals surface area contributed by atoms with Gasteiger partial charge in [-0.2, -0.15) is 0 Å². The molecule has 0 saturated heterocycles. The van der Waals surface area contributed by atoms with Gasteiger partial charge in [0.05, 0.1) is 11.1 Å². The van der Waals surface area contributed by atoms with Crippen LogP contribution in [0.1, 0.15) is 16.1 Å². The number of hydrogen-bond acceptors (Lipinski definition) is 4. The lowest BCUT2D eigenvalue weighted by Gasteiger charge is -1.90. The van der Waals surface area contributed by atoms with E-state index in [0.717, 1.165) is 15.8 Å². The van der Waals surface area contributed by atoms with Crippen LogP contribution in [0, 0.1) is 6.92 Å². The molecule has 2 N–H and O–H groups in total. The van der Waals surface area contributed by atoms with Gasteiger partial charge in [-0.05, 0) is 17.9 Å². The summed E-state index contributed by atoms with van der Waals surface area (Å²) in [5.41, 5.74) is 7.06. The molecule has 0 aliphatic carbocycles. The molecule has 0 bridgehead atoms. The number of furan rings is 1. The SMILES string of the molecule is Cc1csc2oc(C(=O)P)c(N)c12. The van der Waals surface area contributed by atoms with Gasteiger partial charge in [0, 0.05) is 0 Å². The van der Waals surface area contributed by atoms with Crippen LogP contribution in [0.5, 0.6) is 0 Å². The van der Waals surface area contributed by atoms with Crippen LogP contribution < -0.4 is 5.73 Å². The Balaban J connectivity index is 2.82. The van der Waals surface area contributed by atoms with Crippen molar-refractivity contribution in [2.45, 2.75) is 6.92 Å². The molecule has 3 nitrogen and oxygen atoms in total. The molecule has 2 rings (SSSR count). The molecule has 0 aromatic carbocycles. The Morgan fingerprint density at radius 3 is 2.92 bits per heavy atom. The molecule has 0 radical (unpaired) electrons. The number of rotatable bonds is 1. The van der Waals surface area contributed by atoms with Crippen molar-refractivity contribution < 1.29 is 9.21 Å². The van der Waals surface area contributed by atoms with Gasteiger partial charge in [-0.15, -0.1) is 11.3 Å². The first-order valence-electron chi connectivity index (χ1n) is 3.67. The highest BCUT2D eigenvalue weighted by atomic mass is 32.1. The van der Waals surface area contributed by atoms with Crippen LogP contribution in [-0.2, 0) is 0 Å². The lowest BCUT2D eigenvalue weighted by molar-refractivity contribution is 0.106. The molecular weight excluding hydrogens is 205 g/mol. The standard InChI is InChI=1S/C8H8NO2PS/c1-3-2-13-8-4(3)5(9)6(11-8)7(10)12/h2H,9,12H2,1H3. The quantitative estimate of drug-likeness (QED) is 0.740. The average Bonchev–Trinajstić information content (AvgIpc) is 2.55. The van der Waals surface area contributed by atoms with Crippen molar-refractivity contribution in [3.05, 3.63) is 16.7 Å². The first-order chi connectivity index (χ1) is 6.11. The predicted octanol–water partition coefficient (Wildman–Crippen LogP) is 2.40. The first-order valence-corrected chi connectivity index (χ1v) is 5.13. The molecule has 0 amide bonds. The second kappa shape index (κ2) is 2.82. The van der Waals surface area contributed by atoms with Crippen LogP contribution in [0.25, 0.3) is 10.3 Å². The summed E-state index contributed by atoms with van der Waals surface area (Å²) in [4.78, 5) is 11.8. The van der Waals surface area contributed by atoms with Gasteiger partial charge in [0.1, 0.15) is 0 Å². The molecule has 0 saturated carbocycles. The van der Waals surface area contributed by atoms with E-state index in [1.165, 1.54) is 11.3 Å². The van der Waals surface area contributed by atoms with E-state index in [9.17, 15) is 4.79 Å². The van der Waals surface area contributed by atoms with Crippen LogP contribution in [0.15, 0.2) is 9.80 Å². The van der Waals surface area contributed by atoms with Gasteiger partial charge in [0.15, 0.2) is 10.7 Å². The van der Waals surface area contributed by atoms with Crippen molar-refractivity contribution >= 4 is 42.1 Å². The highest BCUT2D eigenvalue weighted by molar-refractivity contribution is 7.41. The number of anilines is 1. The van der Waals surface area contributed by atoms with Gasteiger partial charge >= 0.3 is 0 Å². The van der Waals surface area contributed by atoms with Gasteiger partial charge < -0.3 is 10.2 Å². The van der Waals surface area contributed by atoms with Gasteiger partial charge in [0.2, 0.25) is 5.52 Å². The number of carbonyl (C=O) groups excluding carboxylic acids is 1. The van der Waals surface area contributed by atoms with E-state index in [1.54, 1.807) is 0 Å². The molecule has 1 unspecified atom stereocenters. The number of hydrogen-bond donors (Lipinski definition) is 1. The monoisotopic (exact) mass is 213 g/mol. The van der Waals surface area contributed by atoms with Crippen LogP contribution in [0.4, 0.5) is 5.69 Å². The predicted molar refractivity (Wildman–Crippen MR) is 57.3 cm³/mol. The summed E-state index contributed by atoms with van der Waals surface area (Å²) >= 11 is 1.46. The molecule has 0 aliphatic rings. The minimum Gasteiger partial charge on any atom is -0.440 e. The first kappa shape index (κ1) is 8.73. The summed E-state index contributed by atoms with van der Waals surface area (Å²) in [6.07, 6.45) is 0. The van der Waals surface area contributed by atoms with Crippen LogP contribution >= 0.6 is 20.6 Å². The fourth-order valence-corrected chi connectivity index (χ4v) is 2.40. The Hall–Kier alpha value is -0.860. The summed E-state index contributed by atoms with van der Waals surface area (Å²) in [5.74, 6) is 0.245. The van der Waals surface area contributed by atoms with Crippen LogP contribution in [0.3, 0.4) is 0 Å². The molecule has 2 heterocycles. The average molecular weight is 213 g/mol. The van der Waals surface area contributed by atoms with Gasteiger partial charge in [0.25, 0.3) is 0 Å². The molecule has 5 heteroatoms. The van der Waals surface area contributed by atoms with E-state index < -0.39 is 0 Å². The topological polar surface area (TPSA) is 56.2 Å². The van der Waals surface area contributed by atoms with E-state index in [-0.39, 0.29) is 11.3 Å². The smallest absolute Gasteiger partial charge is 0.215 e. The third-order valence-corrected chi connectivity index (χ3v) is 3.11.